The van der Waals surface area contributed by atoms with Gasteiger partial charge in [-0.1, -0.05) is 48.5 Å². The number of thiocarbonyl (C=S) groups is 1. The van der Waals surface area contributed by atoms with Gasteiger partial charge in [0.1, 0.15) is 0 Å². The van der Waals surface area contributed by atoms with Crippen molar-refractivity contribution < 1.29 is 4.79 Å². The Kier molecular flexibility index (Phi) is 3.90. The predicted octanol–water partition coefficient (Wildman–Crippen LogP) is 2.41. The summed E-state index contributed by atoms with van der Waals surface area (Å²) >= 11 is 5.09. The second-order valence-electron chi connectivity index (χ2n) is 5.45. The van der Waals surface area contributed by atoms with E-state index in [1.807, 2.05) is 19.2 Å². The first-order chi connectivity index (χ1) is 8.95. The summed E-state index contributed by atoms with van der Waals surface area (Å²) in [5, 5.41) is 0. The van der Waals surface area contributed by atoms with Crippen molar-refractivity contribution >= 4 is 23.1 Å². The summed E-state index contributed by atoms with van der Waals surface area (Å²) in [7, 11) is 1.82. The molecule has 0 saturated heterocycles. The molecule has 0 spiro atoms. The van der Waals surface area contributed by atoms with Gasteiger partial charge in [-0.05, 0) is 25.3 Å². The molecular weight excluding hydrogens is 256 g/mol. The zero-order chi connectivity index (χ0) is 14.0. The smallest absolute Gasteiger partial charge is 0.235 e. The van der Waals surface area contributed by atoms with Crippen molar-refractivity contribution in [1.29, 1.82) is 0 Å². The standard InChI is InChI=1S/C15H20N2OS/c1-11-4-6-12(7-5-11)10-17(2)14(18)15(13(16)19)8-3-9-15/h4-7H,3,8-10H2,1-2H3,(H2,16,19). The molecule has 4 heteroatoms. The number of carbonyl (C=O) groups excluding carboxylic acids is 1. The van der Waals surface area contributed by atoms with E-state index in [-0.39, 0.29) is 5.91 Å². The third kappa shape index (κ3) is 2.63. The van der Waals surface area contributed by atoms with Gasteiger partial charge in [-0.25, -0.2) is 0 Å². The number of rotatable bonds is 4. The normalized spacial score (nSPS) is 16.5. The Balaban J connectivity index is 2.07. The maximum Gasteiger partial charge on any atom is 0.235 e. The SMILES string of the molecule is Cc1ccc(CN(C)C(=O)C2(C(N)=S)CCC2)cc1. The van der Waals surface area contributed by atoms with Gasteiger partial charge < -0.3 is 10.6 Å². The summed E-state index contributed by atoms with van der Waals surface area (Å²) in [4.78, 5) is 14.6. The third-order valence-electron chi connectivity index (χ3n) is 3.98. The minimum atomic E-state index is -0.575. The number of nitrogens with zero attached hydrogens (tertiary/aromatic N) is 1. The van der Waals surface area contributed by atoms with E-state index in [0.29, 0.717) is 11.5 Å². The number of nitrogens with two attached hydrogens (primary N) is 1. The van der Waals surface area contributed by atoms with Crippen molar-refractivity contribution in [3.8, 4) is 0 Å². The Morgan fingerprint density at radius 1 is 1.37 bits per heavy atom. The highest BCUT2D eigenvalue weighted by molar-refractivity contribution is 7.80. The first kappa shape index (κ1) is 14.0. The minimum Gasteiger partial charge on any atom is -0.392 e. The molecule has 2 N–H and O–H groups in total. The van der Waals surface area contributed by atoms with Gasteiger partial charge >= 0.3 is 0 Å². The van der Waals surface area contributed by atoms with E-state index in [9.17, 15) is 4.79 Å². The van der Waals surface area contributed by atoms with Crippen LogP contribution in [0, 0.1) is 12.3 Å². The van der Waals surface area contributed by atoms with Crippen LogP contribution in [-0.4, -0.2) is 22.8 Å². The number of aryl methyl sites for hydroxylation is 1. The summed E-state index contributed by atoms with van der Waals surface area (Å²) in [6.45, 7) is 2.65. The fraction of sp³-hybridized carbons (Fsp3) is 0.467. The van der Waals surface area contributed by atoms with Crippen molar-refractivity contribution in [2.45, 2.75) is 32.7 Å². The molecular formula is C15H20N2OS. The quantitative estimate of drug-likeness (QED) is 0.859. The molecule has 0 aromatic heterocycles. The first-order valence-corrected chi connectivity index (χ1v) is 6.97. The van der Waals surface area contributed by atoms with Gasteiger partial charge in [0.05, 0.1) is 10.4 Å². The van der Waals surface area contributed by atoms with E-state index in [2.05, 4.69) is 19.1 Å². The summed E-state index contributed by atoms with van der Waals surface area (Å²) in [5.41, 5.74) is 7.54. The molecule has 1 aliphatic rings. The van der Waals surface area contributed by atoms with Crippen LogP contribution in [0.5, 0.6) is 0 Å². The lowest BCUT2D eigenvalue weighted by molar-refractivity contribution is -0.141. The van der Waals surface area contributed by atoms with Crippen LogP contribution in [-0.2, 0) is 11.3 Å². The molecule has 0 heterocycles. The van der Waals surface area contributed by atoms with Crippen LogP contribution in [0.2, 0.25) is 0 Å². The second kappa shape index (κ2) is 5.29. The zero-order valence-electron chi connectivity index (χ0n) is 11.5. The number of benzene rings is 1. The van der Waals surface area contributed by atoms with Gasteiger partial charge in [0.2, 0.25) is 5.91 Å². The highest BCUT2D eigenvalue weighted by Crippen LogP contribution is 2.42. The molecule has 1 aliphatic carbocycles. The van der Waals surface area contributed by atoms with Crippen LogP contribution in [0.25, 0.3) is 0 Å². The number of hydrogen-bond donors (Lipinski definition) is 1. The number of carbonyl (C=O) groups is 1. The summed E-state index contributed by atoms with van der Waals surface area (Å²) in [5.74, 6) is 0.0619. The van der Waals surface area contributed by atoms with E-state index in [1.165, 1.54) is 5.56 Å². The second-order valence-corrected chi connectivity index (χ2v) is 5.89. The lowest BCUT2D eigenvalue weighted by Crippen LogP contribution is -2.53. The first-order valence-electron chi connectivity index (χ1n) is 6.57. The van der Waals surface area contributed by atoms with Crippen LogP contribution < -0.4 is 5.73 Å². The van der Waals surface area contributed by atoms with Gasteiger partial charge in [0.15, 0.2) is 0 Å². The Hall–Kier alpha value is -1.42. The van der Waals surface area contributed by atoms with Crippen LogP contribution in [0.3, 0.4) is 0 Å². The Bertz CT molecular complexity index is 491. The maximum atomic E-state index is 12.5. The molecule has 0 unspecified atom stereocenters. The molecule has 1 aromatic carbocycles. The molecule has 1 fully saturated rings. The van der Waals surface area contributed by atoms with Crippen LogP contribution in [0.15, 0.2) is 24.3 Å². The molecule has 1 saturated carbocycles. The Labute approximate surface area is 119 Å². The van der Waals surface area contributed by atoms with E-state index in [4.69, 9.17) is 18.0 Å². The van der Waals surface area contributed by atoms with E-state index in [0.717, 1.165) is 24.8 Å². The van der Waals surface area contributed by atoms with E-state index >= 15 is 0 Å². The molecule has 19 heavy (non-hydrogen) atoms. The third-order valence-corrected chi connectivity index (χ3v) is 4.37. The fourth-order valence-electron chi connectivity index (χ4n) is 2.50. The van der Waals surface area contributed by atoms with Crippen LogP contribution >= 0.6 is 12.2 Å². The average molecular weight is 276 g/mol. The topological polar surface area (TPSA) is 46.3 Å². The largest absolute Gasteiger partial charge is 0.392 e. The molecule has 1 aromatic rings. The molecule has 2 rings (SSSR count). The molecule has 102 valence electrons. The van der Waals surface area contributed by atoms with Gasteiger partial charge in [-0.3, -0.25) is 4.79 Å². The van der Waals surface area contributed by atoms with Crippen molar-refractivity contribution in [1.82, 2.24) is 4.90 Å². The molecule has 0 aliphatic heterocycles. The average Bonchev–Trinajstić information content (AvgIpc) is 2.30. The van der Waals surface area contributed by atoms with Gasteiger partial charge in [0.25, 0.3) is 0 Å². The number of hydrogen-bond acceptors (Lipinski definition) is 2. The lowest BCUT2D eigenvalue weighted by atomic mass is 9.67. The lowest BCUT2D eigenvalue weighted by Gasteiger charge is -2.41. The van der Waals surface area contributed by atoms with Crippen LogP contribution in [0.4, 0.5) is 0 Å². The van der Waals surface area contributed by atoms with Crippen molar-refractivity contribution in [3.63, 3.8) is 0 Å². The van der Waals surface area contributed by atoms with Gasteiger partial charge in [0, 0.05) is 13.6 Å². The summed E-state index contributed by atoms with van der Waals surface area (Å²) in [6, 6.07) is 8.21. The summed E-state index contributed by atoms with van der Waals surface area (Å²) in [6.07, 6.45) is 2.61. The Morgan fingerprint density at radius 2 is 1.95 bits per heavy atom. The highest BCUT2D eigenvalue weighted by Gasteiger charge is 2.48. The predicted molar refractivity (Wildman–Crippen MR) is 80.7 cm³/mol. The van der Waals surface area contributed by atoms with E-state index in [1.54, 1.807) is 4.90 Å². The highest BCUT2D eigenvalue weighted by atomic mass is 32.1. The van der Waals surface area contributed by atoms with Crippen molar-refractivity contribution in [3.05, 3.63) is 35.4 Å². The van der Waals surface area contributed by atoms with Crippen LogP contribution in [0.1, 0.15) is 30.4 Å². The number of amides is 1. The monoisotopic (exact) mass is 276 g/mol. The van der Waals surface area contributed by atoms with Gasteiger partial charge in [-0.2, -0.15) is 0 Å². The zero-order valence-corrected chi connectivity index (χ0v) is 12.3. The molecule has 0 bridgehead atoms. The Morgan fingerprint density at radius 3 is 2.37 bits per heavy atom. The minimum absolute atomic E-state index is 0.0619. The van der Waals surface area contributed by atoms with Gasteiger partial charge in [-0.15, -0.1) is 0 Å². The molecule has 0 atom stereocenters. The fourth-order valence-corrected chi connectivity index (χ4v) is 2.79. The molecule has 1 amide bonds. The van der Waals surface area contributed by atoms with E-state index < -0.39 is 5.41 Å². The maximum absolute atomic E-state index is 12.5. The van der Waals surface area contributed by atoms with Crippen molar-refractivity contribution in [2.75, 3.05) is 7.05 Å². The molecule has 3 nitrogen and oxygen atoms in total. The van der Waals surface area contributed by atoms with Crippen molar-refractivity contribution in [2.24, 2.45) is 11.1 Å². The molecule has 0 radical (unpaired) electrons. The summed E-state index contributed by atoms with van der Waals surface area (Å²) < 4.78 is 0.